The summed E-state index contributed by atoms with van der Waals surface area (Å²) in [6, 6.07) is 1.02. The third-order valence-electron chi connectivity index (χ3n) is 6.93. The minimum atomic E-state index is -5.27. The maximum atomic E-state index is 12.6. The summed E-state index contributed by atoms with van der Waals surface area (Å²) in [5.74, 6) is -18.9. The largest absolute Gasteiger partial charge is 0.422 e. The Morgan fingerprint density at radius 1 is 0.326 bits per heavy atom. The number of hydrogen-bond donors (Lipinski definition) is 0. The molecule has 0 unspecified atom stereocenters. The van der Waals surface area contributed by atoms with Crippen LogP contribution in [0.3, 0.4) is 0 Å². The molecular weight excluding hydrogens is 1920 g/mol. The van der Waals surface area contributed by atoms with E-state index >= 15 is 0 Å². The number of alkyl halides is 18. The van der Waals surface area contributed by atoms with Gasteiger partial charge in [-0.2, -0.15) is 102 Å². The molecule has 0 spiro atoms. The average Bonchev–Trinajstić information content (AvgIpc) is 3.23. The number of halogens is 32. The average molecular weight is 1970 g/mol. The molecule has 0 aliphatic rings. The third kappa shape index (κ3) is 46.6. The summed E-state index contributed by atoms with van der Waals surface area (Å²) in [7, 11) is 0. The van der Waals surface area contributed by atoms with Crippen molar-refractivity contribution in [3.05, 3.63) is 219 Å². The van der Waals surface area contributed by atoms with Crippen LogP contribution in [0.15, 0.2) is 65.9 Å². The van der Waals surface area contributed by atoms with E-state index in [1.165, 1.54) is 0 Å². The van der Waals surface area contributed by atoms with Gasteiger partial charge >= 0.3 is 37.1 Å². The SMILES string of the molecule is C.C.C.C.C.C.Fc1c(C(F)(F)F)ccnc1Cl.Fc1cc(C(F)(F)F)c(F)c(F)n1.Fc1cc(C(F)(F)F)c(F)cn1.Fc1cc(C(F)(F)F)cnc1Br.Fc1cc(C(F)(F)F)cnc1Cl.Fc1cnc(F)c(F)c1C(F)(F)F.[CH3-].[CH3-].[CH3-].[CH3-].[CH3-].[CH3-].[Nb].[Nb].[Nb].[Nb].[Nb].[Nb]. The van der Waals surface area contributed by atoms with Gasteiger partial charge in [0.05, 0.1) is 34.6 Å². The van der Waals surface area contributed by atoms with E-state index in [1.54, 1.807) is 0 Å². The first-order valence-electron chi connectivity index (χ1n) is 17.0. The second-order valence-electron chi connectivity index (χ2n) is 12.1. The van der Waals surface area contributed by atoms with Crippen LogP contribution in [0.1, 0.15) is 77.9 Å². The molecule has 0 saturated heterocycles. The van der Waals surface area contributed by atoms with Crippen LogP contribution in [0, 0.1) is 109 Å². The van der Waals surface area contributed by atoms with Gasteiger partial charge in [-0.15, -0.1) is 0 Å². The van der Waals surface area contributed by atoms with Crippen molar-refractivity contribution < 1.29 is 262 Å². The van der Waals surface area contributed by atoms with Gasteiger partial charge in [-0.3, -0.25) is 0 Å². The van der Waals surface area contributed by atoms with Crippen molar-refractivity contribution in [1.29, 1.82) is 0 Å². The van der Waals surface area contributed by atoms with Crippen molar-refractivity contribution in [2.75, 3.05) is 0 Å². The van der Waals surface area contributed by atoms with E-state index in [1.807, 2.05) is 0 Å². The molecule has 6 radical (unpaired) electrons. The molecule has 6 heterocycles. The maximum Gasteiger partial charge on any atom is 0.422 e. The molecule has 6 rings (SSSR count). The molecule has 0 fully saturated rings. The molecule has 0 N–H and O–H groups in total. The Labute approximate surface area is 625 Å². The van der Waals surface area contributed by atoms with Gasteiger partial charge in [0, 0.05) is 165 Å². The van der Waals surface area contributed by atoms with Crippen LogP contribution in [0.5, 0.6) is 0 Å². The molecule has 92 heavy (non-hydrogen) atoms. The molecule has 6 aromatic heterocycles. The normalized spacial score (nSPS) is 9.48. The van der Waals surface area contributed by atoms with Gasteiger partial charge < -0.3 is 44.6 Å². The van der Waals surface area contributed by atoms with Gasteiger partial charge in [-0.1, -0.05) is 67.8 Å². The van der Waals surface area contributed by atoms with Gasteiger partial charge in [0.15, 0.2) is 51.0 Å². The predicted octanol–water partition coefficient (Wildman–Crippen LogP) is 22.7. The zero-order chi connectivity index (χ0) is 57.9. The minimum Gasteiger partial charge on any atom is -0.358 e. The van der Waals surface area contributed by atoms with Crippen LogP contribution < -0.4 is 0 Å². The van der Waals surface area contributed by atoms with E-state index in [2.05, 4.69) is 45.8 Å². The van der Waals surface area contributed by atoms with Gasteiger partial charge in [0.2, 0.25) is 17.8 Å². The van der Waals surface area contributed by atoms with Crippen LogP contribution in [0.2, 0.25) is 10.3 Å². The van der Waals surface area contributed by atoms with E-state index in [-0.39, 0.29) is 253 Å². The molecule has 534 valence electrons. The summed E-state index contributed by atoms with van der Waals surface area (Å²) in [4.78, 5) is 16.7. The summed E-state index contributed by atoms with van der Waals surface area (Å²) >= 11 is 12.8. The van der Waals surface area contributed by atoms with Crippen LogP contribution >= 0.6 is 39.1 Å². The Morgan fingerprint density at radius 2 is 0.696 bits per heavy atom. The zero-order valence-electron chi connectivity index (χ0n) is 42.2. The Kier molecular flexibility index (Phi) is 85.8. The van der Waals surface area contributed by atoms with Gasteiger partial charge in [-0.25, -0.2) is 55.7 Å². The van der Waals surface area contributed by atoms with E-state index < -0.39 is 145 Å². The fourth-order valence-corrected chi connectivity index (χ4v) is 4.28. The molecular formula is C48H52BrCl2F29N6Nb6-6. The number of rotatable bonds is 0. The Morgan fingerprint density at radius 3 is 1.02 bits per heavy atom. The first-order chi connectivity index (χ1) is 33.3. The van der Waals surface area contributed by atoms with Crippen molar-refractivity contribution in [3.8, 4) is 0 Å². The minimum absolute atomic E-state index is 0. The fraction of sp³-hybridized carbons (Fsp3) is 0.250. The van der Waals surface area contributed by atoms with E-state index in [4.69, 9.17) is 23.2 Å². The summed E-state index contributed by atoms with van der Waals surface area (Å²) in [6.07, 6.45) is -27.1. The Hall–Kier alpha value is -1.63. The quantitative estimate of drug-likeness (QED) is 0.0653. The van der Waals surface area contributed by atoms with Crippen LogP contribution in [-0.2, 0) is 171 Å². The molecule has 0 amide bonds. The number of aromatic nitrogens is 6. The van der Waals surface area contributed by atoms with Gasteiger partial charge in [-0.05, 0) is 34.1 Å². The first-order valence-corrected chi connectivity index (χ1v) is 18.5. The molecule has 6 nitrogen and oxygen atoms in total. The smallest absolute Gasteiger partial charge is 0.358 e. The van der Waals surface area contributed by atoms with E-state index in [0.29, 0.717) is 30.6 Å². The van der Waals surface area contributed by atoms with Crippen molar-refractivity contribution in [2.24, 2.45) is 0 Å². The second-order valence-corrected chi connectivity index (χ2v) is 13.6. The predicted molar refractivity (Wildman–Crippen MR) is 272 cm³/mol. The number of hydrogen-bond acceptors (Lipinski definition) is 6. The summed E-state index contributed by atoms with van der Waals surface area (Å²) in [6.45, 7) is 0. The zero-order valence-corrected chi connectivity index (χ0v) is 58.5. The molecule has 0 aliphatic carbocycles. The molecule has 6 aromatic rings. The maximum absolute atomic E-state index is 12.6. The molecule has 0 saturated carbocycles. The summed E-state index contributed by atoms with van der Waals surface area (Å²) in [5.41, 5.74) is -9.55. The van der Waals surface area contributed by atoms with Crippen LogP contribution in [-0.4, -0.2) is 29.9 Å². The summed E-state index contributed by atoms with van der Waals surface area (Å²) in [5, 5.41) is -1.34. The van der Waals surface area contributed by atoms with Crippen molar-refractivity contribution >= 4 is 39.1 Å². The van der Waals surface area contributed by atoms with Crippen LogP contribution in [0.25, 0.3) is 0 Å². The monoisotopic (exact) mass is 1970 g/mol. The van der Waals surface area contributed by atoms with E-state index in [0.717, 1.165) is 6.20 Å². The van der Waals surface area contributed by atoms with Gasteiger partial charge in [0.1, 0.15) is 15.7 Å². The molecule has 0 aromatic carbocycles. The molecule has 0 atom stereocenters. The topological polar surface area (TPSA) is 77.3 Å². The fourth-order valence-electron chi connectivity index (χ4n) is 3.80. The molecule has 0 aliphatic heterocycles. The first kappa shape index (κ1) is 138. The Balaban J connectivity index is -0.0000000430. The number of pyridine rings is 6. The standard InChI is InChI=1S/C6H2BrF4N.2C6H2ClF4N.2C6HF6N.C6H2F5N.6CH4.6CH3.6Nb/c2*7-5-4(8)1-3(2-12-5)6(9,10)11;7-5-4(8)3(1-2-12-5)6(9,10)11;7-2-1-13-5(9)4(8)3(2)6(10,11)12;7-3-1-2(6(10,11)12)4(8)5(9)13-3;7-4-2-12-5(8)1-3(4)6(9,10)11;;;;;;;;;;;;;;;;;;/h3*1-2H;2*1H;1-2H;6*1H4;6*1H3;;;;;;/q;;;;;;;;;;;;6*-1;;;;;;. The Bertz CT molecular complexity index is 2800. The second kappa shape index (κ2) is 57.3. The van der Waals surface area contributed by atoms with Gasteiger partial charge in [0.25, 0.3) is 5.95 Å². The number of nitrogens with zero attached hydrogens (tertiary/aromatic N) is 6. The molecule has 0 bridgehead atoms. The van der Waals surface area contributed by atoms with E-state index in [9.17, 15) is 127 Å². The van der Waals surface area contributed by atoms with Crippen molar-refractivity contribution in [1.82, 2.24) is 29.9 Å². The third-order valence-corrected chi connectivity index (χ3v) is 8.06. The van der Waals surface area contributed by atoms with Crippen LogP contribution in [0.4, 0.5) is 127 Å². The van der Waals surface area contributed by atoms with Crippen molar-refractivity contribution in [3.63, 3.8) is 0 Å². The summed E-state index contributed by atoms with van der Waals surface area (Å²) < 4.78 is 348. The van der Waals surface area contributed by atoms with Crippen molar-refractivity contribution in [2.45, 2.75) is 81.6 Å². The molecule has 44 heteroatoms.